The zero-order valence-corrected chi connectivity index (χ0v) is 13.9. The van der Waals surface area contributed by atoms with Crippen LogP contribution in [0.4, 0.5) is 5.69 Å². The molecular weight excluding hydrogens is 282 g/mol. The van der Waals surface area contributed by atoms with Crippen molar-refractivity contribution in [2.24, 2.45) is 5.92 Å². The number of likely N-dealkylation sites (N-methyl/N-ethyl adjacent to an activating group) is 1. The summed E-state index contributed by atoms with van der Waals surface area (Å²) in [6.07, 6.45) is 0. The summed E-state index contributed by atoms with van der Waals surface area (Å²) < 4.78 is 5.56. The van der Waals surface area contributed by atoms with Gasteiger partial charge in [-0.05, 0) is 31.7 Å². The van der Waals surface area contributed by atoms with Gasteiger partial charge < -0.3 is 20.3 Å². The van der Waals surface area contributed by atoms with Crippen molar-refractivity contribution >= 4 is 17.5 Å². The second-order valence-electron chi connectivity index (χ2n) is 5.52. The minimum absolute atomic E-state index is 0.0641. The lowest BCUT2D eigenvalue weighted by atomic mass is 10.1. The third-order valence-electron chi connectivity index (χ3n) is 3.20. The monoisotopic (exact) mass is 307 g/mol. The molecule has 0 radical (unpaired) electrons. The number of rotatable bonds is 7. The van der Waals surface area contributed by atoms with E-state index in [2.05, 4.69) is 10.6 Å². The molecule has 1 unspecified atom stereocenters. The van der Waals surface area contributed by atoms with Gasteiger partial charge in [-0.2, -0.15) is 0 Å². The Morgan fingerprint density at radius 2 is 2.00 bits per heavy atom. The number of hydrogen-bond acceptors (Lipinski definition) is 4. The minimum atomic E-state index is -0.164. The Labute approximate surface area is 131 Å². The van der Waals surface area contributed by atoms with Crippen LogP contribution in [0, 0.1) is 12.8 Å². The predicted molar refractivity (Wildman–Crippen MR) is 87.1 cm³/mol. The zero-order valence-electron chi connectivity index (χ0n) is 13.9. The molecule has 0 saturated heterocycles. The lowest BCUT2D eigenvalue weighted by Crippen LogP contribution is -2.29. The summed E-state index contributed by atoms with van der Waals surface area (Å²) in [5.41, 5.74) is 1.57. The summed E-state index contributed by atoms with van der Waals surface area (Å²) in [5.74, 6) is 0.104. The molecule has 1 aromatic carbocycles. The van der Waals surface area contributed by atoms with E-state index in [0.717, 1.165) is 5.56 Å². The fourth-order valence-corrected chi connectivity index (χ4v) is 1.78. The van der Waals surface area contributed by atoms with Crippen molar-refractivity contribution in [2.75, 3.05) is 39.6 Å². The topological polar surface area (TPSA) is 70.7 Å². The van der Waals surface area contributed by atoms with E-state index >= 15 is 0 Å². The summed E-state index contributed by atoms with van der Waals surface area (Å²) in [6, 6.07) is 5.48. The Kier molecular flexibility index (Phi) is 6.85. The number of ether oxygens (including phenoxy) is 1. The largest absolute Gasteiger partial charge is 0.482 e. The first-order chi connectivity index (χ1) is 10.3. The number of amides is 2. The lowest BCUT2D eigenvalue weighted by Gasteiger charge is -2.17. The lowest BCUT2D eigenvalue weighted by molar-refractivity contribution is -0.130. The highest BCUT2D eigenvalue weighted by molar-refractivity contribution is 5.94. The van der Waals surface area contributed by atoms with Gasteiger partial charge >= 0.3 is 0 Å². The molecular formula is C16H25N3O3. The molecule has 0 fully saturated rings. The van der Waals surface area contributed by atoms with E-state index in [0.29, 0.717) is 18.0 Å². The van der Waals surface area contributed by atoms with Crippen LogP contribution in [0.1, 0.15) is 12.5 Å². The summed E-state index contributed by atoms with van der Waals surface area (Å²) in [6.45, 7) is 4.30. The molecule has 0 bridgehead atoms. The van der Waals surface area contributed by atoms with E-state index in [-0.39, 0.29) is 24.3 Å². The van der Waals surface area contributed by atoms with E-state index in [1.807, 2.05) is 19.9 Å². The van der Waals surface area contributed by atoms with Crippen LogP contribution in [-0.2, 0) is 9.59 Å². The Morgan fingerprint density at radius 3 is 2.59 bits per heavy atom. The number of nitrogens with zero attached hydrogens (tertiary/aromatic N) is 1. The van der Waals surface area contributed by atoms with Crippen LogP contribution >= 0.6 is 0 Å². The van der Waals surface area contributed by atoms with Gasteiger partial charge in [0.15, 0.2) is 6.61 Å². The van der Waals surface area contributed by atoms with Crippen molar-refractivity contribution in [1.82, 2.24) is 10.2 Å². The average Bonchev–Trinajstić information content (AvgIpc) is 2.46. The fourth-order valence-electron chi connectivity index (χ4n) is 1.78. The molecule has 0 heterocycles. The van der Waals surface area contributed by atoms with Gasteiger partial charge in [0, 0.05) is 26.6 Å². The van der Waals surface area contributed by atoms with Crippen molar-refractivity contribution in [1.29, 1.82) is 0 Å². The molecule has 0 aliphatic rings. The van der Waals surface area contributed by atoms with Crippen molar-refractivity contribution in [3.05, 3.63) is 23.8 Å². The summed E-state index contributed by atoms with van der Waals surface area (Å²) in [5, 5.41) is 5.81. The van der Waals surface area contributed by atoms with Gasteiger partial charge in [0.25, 0.3) is 5.91 Å². The highest BCUT2D eigenvalue weighted by Gasteiger charge is 2.15. The first-order valence-electron chi connectivity index (χ1n) is 7.24. The number of carbonyl (C=O) groups is 2. The molecule has 0 aliphatic heterocycles. The van der Waals surface area contributed by atoms with Crippen molar-refractivity contribution in [2.45, 2.75) is 13.8 Å². The Hall–Kier alpha value is -2.08. The molecule has 0 saturated carbocycles. The third kappa shape index (κ3) is 5.37. The SMILES string of the molecule is CNCC(C)C(=O)Nc1ccc(C)cc1OCC(=O)N(C)C. The second kappa shape index (κ2) is 8.38. The molecule has 0 aromatic heterocycles. The number of benzene rings is 1. The number of carbonyl (C=O) groups excluding carboxylic acids is 2. The Bertz CT molecular complexity index is 529. The van der Waals surface area contributed by atoms with Gasteiger partial charge in [-0.1, -0.05) is 13.0 Å². The van der Waals surface area contributed by atoms with Crippen LogP contribution < -0.4 is 15.4 Å². The summed E-state index contributed by atoms with van der Waals surface area (Å²) >= 11 is 0. The number of aryl methyl sites for hydroxylation is 1. The third-order valence-corrected chi connectivity index (χ3v) is 3.20. The van der Waals surface area contributed by atoms with Crippen LogP contribution in [0.5, 0.6) is 5.75 Å². The molecule has 1 aromatic rings. The van der Waals surface area contributed by atoms with E-state index in [4.69, 9.17) is 4.74 Å². The fraction of sp³-hybridized carbons (Fsp3) is 0.500. The zero-order chi connectivity index (χ0) is 16.7. The minimum Gasteiger partial charge on any atom is -0.482 e. The molecule has 22 heavy (non-hydrogen) atoms. The Balaban J connectivity index is 2.82. The van der Waals surface area contributed by atoms with Gasteiger partial charge in [0.1, 0.15) is 5.75 Å². The van der Waals surface area contributed by atoms with Crippen LogP contribution in [0.25, 0.3) is 0 Å². The quantitative estimate of drug-likeness (QED) is 0.795. The molecule has 0 aliphatic carbocycles. The number of nitrogens with one attached hydrogen (secondary N) is 2. The smallest absolute Gasteiger partial charge is 0.259 e. The highest BCUT2D eigenvalue weighted by atomic mass is 16.5. The van der Waals surface area contributed by atoms with E-state index in [1.54, 1.807) is 33.3 Å². The molecule has 2 N–H and O–H groups in total. The molecule has 6 heteroatoms. The van der Waals surface area contributed by atoms with E-state index in [1.165, 1.54) is 4.90 Å². The first kappa shape index (κ1) is 18.0. The van der Waals surface area contributed by atoms with Crippen LogP contribution in [0.15, 0.2) is 18.2 Å². The average molecular weight is 307 g/mol. The molecule has 6 nitrogen and oxygen atoms in total. The van der Waals surface area contributed by atoms with Crippen molar-refractivity contribution in [3.8, 4) is 5.75 Å². The van der Waals surface area contributed by atoms with Crippen LogP contribution in [0.2, 0.25) is 0 Å². The standard InChI is InChI=1S/C16H25N3O3/c1-11-6-7-13(18-16(21)12(2)9-17-3)14(8-11)22-10-15(20)19(4)5/h6-8,12,17H,9-10H2,1-5H3,(H,18,21). The number of anilines is 1. The maximum atomic E-state index is 12.1. The maximum Gasteiger partial charge on any atom is 0.259 e. The maximum absolute atomic E-state index is 12.1. The van der Waals surface area contributed by atoms with E-state index < -0.39 is 0 Å². The van der Waals surface area contributed by atoms with Gasteiger partial charge in [-0.25, -0.2) is 0 Å². The molecule has 0 spiro atoms. The van der Waals surface area contributed by atoms with E-state index in [9.17, 15) is 9.59 Å². The molecule has 1 rings (SSSR count). The number of hydrogen-bond donors (Lipinski definition) is 2. The van der Waals surface area contributed by atoms with Gasteiger partial charge in [-0.3, -0.25) is 9.59 Å². The molecule has 1 atom stereocenters. The highest BCUT2D eigenvalue weighted by Crippen LogP contribution is 2.26. The second-order valence-corrected chi connectivity index (χ2v) is 5.52. The van der Waals surface area contributed by atoms with Crippen molar-refractivity contribution in [3.63, 3.8) is 0 Å². The normalized spacial score (nSPS) is 11.7. The van der Waals surface area contributed by atoms with Gasteiger partial charge in [0.2, 0.25) is 5.91 Å². The first-order valence-corrected chi connectivity index (χ1v) is 7.24. The predicted octanol–water partition coefficient (Wildman–Crippen LogP) is 1.26. The van der Waals surface area contributed by atoms with Crippen LogP contribution in [0.3, 0.4) is 0 Å². The summed E-state index contributed by atoms with van der Waals surface area (Å²) in [7, 11) is 5.14. The van der Waals surface area contributed by atoms with Gasteiger partial charge in [0.05, 0.1) is 5.69 Å². The van der Waals surface area contributed by atoms with Crippen LogP contribution in [-0.4, -0.2) is 51.0 Å². The Morgan fingerprint density at radius 1 is 1.32 bits per heavy atom. The molecule has 2 amide bonds. The summed E-state index contributed by atoms with van der Waals surface area (Å²) in [4.78, 5) is 25.2. The van der Waals surface area contributed by atoms with Crippen molar-refractivity contribution < 1.29 is 14.3 Å². The van der Waals surface area contributed by atoms with Gasteiger partial charge in [-0.15, -0.1) is 0 Å². The molecule has 122 valence electrons.